The number of aryl methyl sites for hydroxylation is 1. The summed E-state index contributed by atoms with van der Waals surface area (Å²) in [6, 6.07) is 8.57. The van der Waals surface area contributed by atoms with E-state index < -0.39 is 0 Å². The summed E-state index contributed by atoms with van der Waals surface area (Å²) in [6.07, 6.45) is 5.61. The molecule has 2 fully saturated rings. The molecule has 1 atom stereocenters. The van der Waals surface area contributed by atoms with Crippen LogP contribution in [0.1, 0.15) is 37.7 Å². The van der Waals surface area contributed by atoms with Crippen molar-refractivity contribution in [3.63, 3.8) is 0 Å². The maximum Gasteiger partial charge on any atom is 0.228 e. The first-order valence-electron chi connectivity index (χ1n) is 11.7. The molecule has 1 N–H and O–H groups in total. The van der Waals surface area contributed by atoms with Crippen LogP contribution < -0.4 is 20.0 Å². The van der Waals surface area contributed by atoms with E-state index in [9.17, 15) is 9.59 Å². The van der Waals surface area contributed by atoms with Crippen LogP contribution in [0.2, 0.25) is 0 Å². The Kier molecular flexibility index (Phi) is 6.25. The average molecular weight is 455 g/mol. The predicted octanol–water partition coefficient (Wildman–Crippen LogP) is 2.45. The van der Waals surface area contributed by atoms with Crippen LogP contribution in [0, 0.1) is 5.92 Å². The Hall–Kier alpha value is -2.68. The molecule has 0 bridgehead atoms. The van der Waals surface area contributed by atoms with Crippen molar-refractivity contribution in [2.24, 2.45) is 5.92 Å². The third-order valence-electron chi connectivity index (χ3n) is 6.66. The summed E-state index contributed by atoms with van der Waals surface area (Å²) in [5.74, 6) is 0.206. The van der Waals surface area contributed by atoms with E-state index in [1.54, 1.807) is 4.90 Å². The zero-order chi connectivity index (χ0) is 21.9. The zero-order valence-electron chi connectivity index (χ0n) is 18.3. The third kappa shape index (κ3) is 4.44. The van der Waals surface area contributed by atoms with Crippen LogP contribution in [0.25, 0.3) is 0 Å². The van der Waals surface area contributed by atoms with Crippen LogP contribution in [0.5, 0.6) is 0 Å². The molecule has 0 saturated carbocycles. The number of hydrogen-bond acceptors (Lipinski definition) is 7. The molecule has 5 rings (SSSR count). The Morgan fingerprint density at radius 1 is 1.06 bits per heavy atom. The second-order valence-corrected chi connectivity index (χ2v) is 9.75. The van der Waals surface area contributed by atoms with Gasteiger partial charge in [0.15, 0.2) is 0 Å². The zero-order valence-corrected chi connectivity index (χ0v) is 19.1. The van der Waals surface area contributed by atoms with E-state index in [1.165, 1.54) is 22.6 Å². The molecule has 3 aliphatic heterocycles. The number of carbonyl (C=O) groups excluding carboxylic acids is 2. The molecule has 32 heavy (non-hydrogen) atoms. The van der Waals surface area contributed by atoms with Crippen molar-refractivity contribution in [2.45, 2.75) is 38.5 Å². The number of carbonyl (C=O) groups is 2. The highest BCUT2D eigenvalue weighted by atomic mass is 32.1. The lowest BCUT2D eigenvalue weighted by molar-refractivity contribution is -0.125. The van der Waals surface area contributed by atoms with E-state index in [1.807, 2.05) is 0 Å². The molecule has 0 aliphatic carbocycles. The number of fused-ring (bicyclic) bond motifs is 1. The Labute approximate surface area is 192 Å². The number of rotatable bonds is 6. The van der Waals surface area contributed by atoms with Crippen LogP contribution in [-0.2, 0) is 16.0 Å². The van der Waals surface area contributed by atoms with Gasteiger partial charge < -0.3 is 15.1 Å². The van der Waals surface area contributed by atoms with Gasteiger partial charge in [-0.05, 0) is 43.7 Å². The Morgan fingerprint density at radius 3 is 2.78 bits per heavy atom. The summed E-state index contributed by atoms with van der Waals surface area (Å²) in [4.78, 5) is 31.1. The molecule has 0 radical (unpaired) electrons. The SMILES string of the molecule is O=C(NCCN1CCCc2ccccc21)[C@H]1CCCN(c2nnc(N3CCCC3=O)s2)C1. The van der Waals surface area contributed by atoms with Gasteiger partial charge in [-0.1, -0.05) is 29.5 Å². The van der Waals surface area contributed by atoms with Gasteiger partial charge in [0.1, 0.15) is 0 Å². The molecule has 8 nitrogen and oxygen atoms in total. The maximum atomic E-state index is 12.9. The van der Waals surface area contributed by atoms with Gasteiger partial charge in [-0.15, -0.1) is 10.2 Å². The largest absolute Gasteiger partial charge is 0.370 e. The molecule has 9 heteroatoms. The normalized spacial score (nSPS) is 21.1. The molecule has 2 saturated heterocycles. The van der Waals surface area contributed by atoms with Crippen LogP contribution in [0.3, 0.4) is 0 Å². The van der Waals surface area contributed by atoms with E-state index in [4.69, 9.17) is 0 Å². The first-order chi connectivity index (χ1) is 15.7. The molecular formula is C23H30N6O2S. The van der Waals surface area contributed by atoms with E-state index in [2.05, 4.69) is 49.6 Å². The minimum Gasteiger partial charge on any atom is -0.370 e. The summed E-state index contributed by atoms with van der Waals surface area (Å²) < 4.78 is 0. The topological polar surface area (TPSA) is 81.7 Å². The number of benzene rings is 1. The van der Waals surface area contributed by atoms with Crippen molar-refractivity contribution < 1.29 is 9.59 Å². The van der Waals surface area contributed by atoms with Gasteiger partial charge in [0.2, 0.25) is 22.1 Å². The molecule has 0 unspecified atom stereocenters. The number of anilines is 3. The summed E-state index contributed by atoms with van der Waals surface area (Å²) in [6.45, 7) is 4.79. The number of nitrogens with one attached hydrogen (secondary N) is 1. The Balaban J connectivity index is 1.14. The van der Waals surface area contributed by atoms with Crippen molar-refractivity contribution in [1.82, 2.24) is 15.5 Å². The predicted molar refractivity (Wildman–Crippen MR) is 126 cm³/mol. The Bertz CT molecular complexity index is 979. The van der Waals surface area contributed by atoms with Gasteiger partial charge in [0.25, 0.3) is 0 Å². The number of nitrogens with zero attached hydrogens (tertiary/aromatic N) is 5. The van der Waals surface area contributed by atoms with E-state index >= 15 is 0 Å². The van der Waals surface area contributed by atoms with Gasteiger partial charge in [-0.2, -0.15) is 0 Å². The quantitative estimate of drug-likeness (QED) is 0.722. The second-order valence-electron chi connectivity index (χ2n) is 8.81. The fourth-order valence-corrected chi connectivity index (χ4v) is 5.89. The van der Waals surface area contributed by atoms with Crippen LogP contribution in [0.4, 0.5) is 16.0 Å². The molecule has 1 aromatic carbocycles. The summed E-state index contributed by atoms with van der Waals surface area (Å²) in [5.41, 5.74) is 2.71. The van der Waals surface area contributed by atoms with Gasteiger partial charge in [-0.25, -0.2) is 0 Å². The number of amides is 2. The fraction of sp³-hybridized carbons (Fsp3) is 0.565. The van der Waals surface area contributed by atoms with Crippen molar-refractivity contribution in [3.8, 4) is 0 Å². The van der Waals surface area contributed by atoms with E-state index in [-0.39, 0.29) is 17.7 Å². The minimum absolute atomic E-state index is 0.0434. The average Bonchev–Trinajstić information content (AvgIpc) is 3.48. The molecule has 4 heterocycles. The summed E-state index contributed by atoms with van der Waals surface area (Å²) >= 11 is 1.45. The molecule has 0 spiro atoms. The van der Waals surface area contributed by atoms with Gasteiger partial charge in [-0.3, -0.25) is 14.5 Å². The standard InChI is InChI=1S/C23H30N6O2S/c30-20-10-5-14-29(20)23-26-25-22(32-23)28-13-4-8-18(16-28)21(31)24-11-15-27-12-3-7-17-6-1-2-9-19(17)27/h1-2,6,9,18H,3-5,7-8,10-16H2,(H,24,31)/t18-/m0/s1. The summed E-state index contributed by atoms with van der Waals surface area (Å²) in [7, 11) is 0. The minimum atomic E-state index is -0.0434. The van der Waals surface area contributed by atoms with Crippen LogP contribution >= 0.6 is 11.3 Å². The van der Waals surface area contributed by atoms with E-state index in [0.29, 0.717) is 24.6 Å². The molecule has 2 amide bonds. The first-order valence-corrected chi connectivity index (χ1v) is 12.5. The molecule has 2 aromatic rings. The lowest BCUT2D eigenvalue weighted by Gasteiger charge is -2.33. The molecule has 1 aromatic heterocycles. The third-order valence-corrected chi connectivity index (χ3v) is 7.67. The van der Waals surface area contributed by atoms with Crippen molar-refractivity contribution in [1.29, 1.82) is 0 Å². The Morgan fingerprint density at radius 2 is 1.91 bits per heavy atom. The highest BCUT2D eigenvalue weighted by Gasteiger charge is 2.30. The number of aromatic nitrogens is 2. The number of piperidine rings is 1. The monoisotopic (exact) mass is 454 g/mol. The lowest BCUT2D eigenvalue weighted by Crippen LogP contribution is -2.45. The van der Waals surface area contributed by atoms with Gasteiger partial charge >= 0.3 is 0 Å². The molecular weight excluding hydrogens is 424 g/mol. The smallest absolute Gasteiger partial charge is 0.228 e. The molecule has 170 valence electrons. The maximum absolute atomic E-state index is 12.9. The number of para-hydroxylation sites is 1. The van der Waals surface area contributed by atoms with Crippen molar-refractivity contribution in [3.05, 3.63) is 29.8 Å². The van der Waals surface area contributed by atoms with Gasteiger partial charge in [0.05, 0.1) is 5.92 Å². The van der Waals surface area contributed by atoms with Crippen molar-refractivity contribution in [2.75, 3.05) is 54.0 Å². The van der Waals surface area contributed by atoms with E-state index in [0.717, 1.165) is 63.4 Å². The fourth-order valence-electron chi connectivity index (χ4n) is 4.96. The first kappa shape index (κ1) is 21.2. The number of hydrogen-bond donors (Lipinski definition) is 1. The lowest BCUT2D eigenvalue weighted by atomic mass is 9.97. The van der Waals surface area contributed by atoms with Crippen molar-refractivity contribution >= 4 is 39.1 Å². The highest BCUT2D eigenvalue weighted by Crippen LogP contribution is 2.32. The summed E-state index contributed by atoms with van der Waals surface area (Å²) in [5, 5.41) is 13.2. The second kappa shape index (κ2) is 9.44. The van der Waals surface area contributed by atoms with Gasteiger partial charge in [0, 0.05) is 51.4 Å². The highest BCUT2D eigenvalue weighted by molar-refractivity contribution is 7.19. The van der Waals surface area contributed by atoms with Crippen LogP contribution in [-0.4, -0.2) is 61.3 Å². The molecule has 3 aliphatic rings. The van der Waals surface area contributed by atoms with Crippen LogP contribution in [0.15, 0.2) is 24.3 Å².